The first-order chi connectivity index (χ1) is 32.0. The highest BCUT2D eigenvalue weighted by molar-refractivity contribution is 7.00. The molecule has 10 nitrogen and oxygen atoms in total. The zero-order valence-corrected chi connectivity index (χ0v) is 44.2. The Morgan fingerprint density at radius 2 is 0.910 bits per heavy atom. The normalized spacial score (nSPS) is 14.5. The lowest BCUT2D eigenvalue weighted by Crippen LogP contribution is -2.36. The SMILES string of the molecule is C1=CC2OCCOC2C=C1.CC(C)C.CC(C)C.CC(C)C.CC(C)C.CC(C)C.c1ccc2c(c1)CCO2.c1ccc2nccnc2c1.c1ccc2nsnc2c1.c1ccn2ncnc2c1. The molecule has 0 bridgehead atoms. The quantitative estimate of drug-likeness (QED) is 0.147. The molecule has 0 radical (unpaired) electrons. The minimum absolute atomic E-state index is 0.166. The molecule has 2 unspecified atom stereocenters. The van der Waals surface area contributed by atoms with Gasteiger partial charge in [-0.25, -0.2) is 9.50 Å². The molecule has 0 saturated carbocycles. The number of benzene rings is 3. The molecule has 3 aliphatic rings. The van der Waals surface area contributed by atoms with E-state index in [9.17, 15) is 0 Å². The average Bonchev–Trinajstić information content (AvgIpc) is 4.09. The Bertz CT molecular complexity index is 2020. The van der Waals surface area contributed by atoms with E-state index in [1.807, 2.05) is 115 Å². The number of nitrogens with zero attached hydrogens (tertiary/aromatic N) is 7. The van der Waals surface area contributed by atoms with Crippen LogP contribution >= 0.6 is 11.7 Å². The molecule has 67 heavy (non-hydrogen) atoms. The van der Waals surface area contributed by atoms with Crippen molar-refractivity contribution in [2.45, 2.75) is 122 Å². The third-order valence-electron chi connectivity index (χ3n) is 7.06. The molecular formula is C56H83N7O3S. The summed E-state index contributed by atoms with van der Waals surface area (Å²) in [7, 11) is 0. The van der Waals surface area contributed by atoms with Crippen molar-refractivity contribution in [1.82, 2.24) is 33.3 Å². The van der Waals surface area contributed by atoms with E-state index < -0.39 is 0 Å². The smallest absolute Gasteiger partial charge is 0.155 e. The second kappa shape index (κ2) is 36.7. The number of pyridine rings is 1. The summed E-state index contributed by atoms with van der Waals surface area (Å²) in [4.78, 5) is 12.2. The lowest BCUT2D eigenvalue weighted by molar-refractivity contribution is -0.102. The second-order valence-electron chi connectivity index (χ2n) is 18.9. The van der Waals surface area contributed by atoms with Gasteiger partial charge in [-0.3, -0.25) is 9.97 Å². The molecule has 1 fully saturated rings. The Kier molecular flexibility index (Phi) is 32.7. The van der Waals surface area contributed by atoms with Crippen LogP contribution in [0.5, 0.6) is 5.75 Å². The van der Waals surface area contributed by atoms with E-state index >= 15 is 0 Å². The van der Waals surface area contributed by atoms with Crippen LogP contribution in [0.25, 0.3) is 27.7 Å². The highest BCUT2D eigenvalue weighted by Crippen LogP contribution is 2.23. The van der Waals surface area contributed by atoms with Crippen LogP contribution in [0.3, 0.4) is 0 Å². The van der Waals surface area contributed by atoms with Crippen LogP contribution in [-0.2, 0) is 15.9 Å². The minimum Gasteiger partial charge on any atom is -0.493 e. The summed E-state index contributed by atoms with van der Waals surface area (Å²) in [5.74, 6) is 5.23. The van der Waals surface area contributed by atoms with Crippen LogP contribution in [-0.4, -0.2) is 65.3 Å². The van der Waals surface area contributed by atoms with E-state index in [4.69, 9.17) is 14.2 Å². The van der Waals surface area contributed by atoms with E-state index in [1.54, 1.807) is 16.9 Å². The maximum Gasteiger partial charge on any atom is 0.155 e. The molecule has 1 saturated heterocycles. The predicted molar refractivity (Wildman–Crippen MR) is 286 cm³/mol. The van der Waals surface area contributed by atoms with Gasteiger partial charge in [0.15, 0.2) is 5.65 Å². The van der Waals surface area contributed by atoms with E-state index in [0.29, 0.717) is 0 Å². The first-order valence-electron chi connectivity index (χ1n) is 23.9. The Hall–Kier alpha value is -5.36. The summed E-state index contributed by atoms with van der Waals surface area (Å²) in [6, 6.07) is 29.6. The molecular weight excluding hydrogens is 851 g/mol. The van der Waals surface area contributed by atoms with Gasteiger partial charge in [-0.1, -0.05) is 177 Å². The van der Waals surface area contributed by atoms with Gasteiger partial charge >= 0.3 is 0 Å². The fraction of sp³-hybridized carbons (Fsp3) is 0.464. The van der Waals surface area contributed by atoms with Gasteiger partial charge in [0.2, 0.25) is 0 Å². The summed E-state index contributed by atoms with van der Waals surface area (Å²) in [5, 5.41) is 3.92. The number of aromatic nitrogens is 7. The Labute approximate surface area is 408 Å². The molecule has 2 aliphatic heterocycles. The molecule has 0 N–H and O–H groups in total. The van der Waals surface area contributed by atoms with Crippen molar-refractivity contribution in [3.63, 3.8) is 0 Å². The maximum absolute atomic E-state index is 5.42. The van der Waals surface area contributed by atoms with Crippen molar-refractivity contribution in [2.75, 3.05) is 19.8 Å². The van der Waals surface area contributed by atoms with Crippen LogP contribution in [0, 0.1) is 29.6 Å². The Morgan fingerprint density at radius 3 is 1.36 bits per heavy atom. The highest BCUT2D eigenvalue weighted by atomic mass is 32.1. The second-order valence-corrected chi connectivity index (χ2v) is 19.4. The molecule has 1 aliphatic carbocycles. The number of para-hydroxylation sites is 3. The zero-order valence-electron chi connectivity index (χ0n) is 43.4. The van der Waals surface area contributed by atoms with E-state index in [0.717, 1.165) is 89.3 Å². The molecule has 4 aromatic heterocycles. The van der Waals surface area contributed by atoms with Crippen LogP contribution < -0.4 is 4.74 Å². The number of rotatable bonds is 0. The lowest BCUT2D eigenvalue weighted by atomic mass is 10.1. The standard InChI is InChI=1S/C8H6N2.C8H10O2.C8H8O.C6H5N3.C6H4N2S.5C4H10/c2*1-2-4-8-7(3-1)9-5-6-10-8;1-2-4-8-7(3-1)5-6-9-8;1-2-4-9-6(3-1)7-5-8-9;1-2-4-6-5(3-1)7-9-8-6;5*1-4(2)3/h1-6H;1-4,7-8H,5-6H2;1-4H,5-6H2;1-5H;1-4H;5*4H,1-3H3. The monoisotopic (exact) mass is 934 g/mol. The molecule has 0 amide bonds. The van der Waals surface area contributed by atoms with Gasteiger partial charge in [0.25, 0.3) is 0 Å². The molecule has 10 rings (SSSR count). The largest absolute Gasteiger partial charge is 0.493 e. The topological polar surface area (TPSA) is 109 Å². The van der Waals surface area contributed by atoms with Crippen LogP contribution in [0.1, 0.15) is 109 Å². The molecule has 6 heterocycles. The molecule has 7 aromatic rings. The summed E-state index contributed by atoms with van der Waals surface area (Å²) in [6.07, 6.45) is 16.3. The number of hydrogen-bond acceptors (Lipinski definition) is 10. The number of allylic oxidation sites excluding steroid dienone is 2. The Balaban J connectivity index is 0.000000382. The van der Waals surface area contributed by atoms with Gasteiger partial charge in [-0.05, 0) is 77.6 Å². The van der Waals surface area contributed by atoms with Gasteiger partial charge in [-0.2, -0.15) is 13.8 Å². The van der Waals surface area contributed by atoms with E-state index in [1.165, 1.54) is 23.6 Å². The van der Waals surface area contributed by atoms with Gasteiger partial charge in [0, 0.05) is 25.0 Å². The van der Waals surface area contributed by atoms with Gasteiger partial charge in [-0.15, -0.1) is 0 Å². The highest BCUT2D eigenvalue weighted by Gasteiger charge is 2.23. The third kappa shape index (κ3) is 31.3. The van der Waals surface area contributed by atoms with Gasteiger partial charge in [0.05, 0.1) is 42.6 Å². The fourth-order valence-electron chi connectivity index (χ4n) is 4.76. The molecule has 3 aromatic carbocycles. The molecule has 11 heteroatoms. The van der Waals surface area contributed by atoms with Crippen molar-refractivity contribution in [3.05, 3.63) is 146 Å². The van der Waals surface area contributed by atoms with Crippen LogP contribution in [0.2, 0.25) is 0 Å². The third-order valence-corrected chi connectivity index (χ3v) is 7.62. The fourth-order valence-corrected chi connectivity index (χ4v) is 5.29. The van der Waals surface area contributed by atoms with Gasteiger partial charge < -0.3 is 14.2 Å². The summed E-state index contributed by atoms with van der Waals surface area (Å²) >= 11 is 1.25. The summed E-state index contributed by atoms with van der Waals surface area (Å²) in [5.41, 5.74) is 6.11. The van der Waals surface area contributed by atoms with Crippen LogP contribution in [0.4, 0.5) is 0 Å². The first kappa shape index (κ1) is 59.7. The maximum atomic E-state index is 5.42. The average molecular weight is 934 g/mol. The predicted octanol–water partition coefficient (Wildman–Crippen LogP) is 14.9. The van der Waals surface area contributed by atoms with E-state index in [2.05, 4.69) is 139 Å². The molecule has 2 atom stereocenters. The van der Waals surface area contributed by atoms with Crippen molar-refractivity contribution in [1.29, 1.82) is 0 Å². The minimum atomic E-state index is 0.166. The molecule has 366 valence electrons. The lowest BCUT2D eigenvalue weighted by Gasteiger charge is -2.29. The Morgan fingerprint density at radius 1 is 0.493 bits per heavy atom. The number of hydrogen-bond donors (Lipinski definition) is 0. The number of ether oxygens (including phenoxy) is 3. The van der Waals surface area contributed by atoms with Crippen molar-refractivity contribution >= 4 is 39.4 Å². The van der Waals surface area contributed by atoms with Crippen molar-refractivity contribution in [2.24, 2.45) is 29.6 Å². The summed E-state index contributed by atoms with van der Waals surface area (Å²) < 4.78 is 26.0. The first-order valence-corrected chi connectivity index (χ1v) is 24.6. The summed E-state index contributed by atoms with van der Waals surface area (Å²) in [6.45, 7) is 34.8. The van der Waals surface area contributed by atoms with Gasteiger partial charge in [0.1, 0.15) is 35.3 Å². The zero-order chi connectivity index (χ0) is 49.8. The van der Waals surface area contributed by atoms with Crippen molar-refractivity contribution in [3.8, 4) is 5.75 Å². The van der Waals surface area contributed by atoms with Crippen molar-refractivity contribution < 1.29 is 14.2 Å². The van der Waals surface area contributed by atoms with Crippen LogP contribution in [0.15, 0.2) is 140 Å². The number of fused-ring (bicyclic) bond motifs is 5. The molecule has 0 spiro atoms. The van der Waals surface area contributed by atoms with E-state index in [-0.39, 0.29) is 12.2 Å².